The standard InChI is InChI=1S/C15H19ClFN3/c1-9-14(10(2)20(3)19-9)8-13(18)6-11-4-5-12(17)7-15(11)16/h4-5,7,13H,6,8,18H2,1-3H3. The maximum atomic E-state index is 13.0. The fourth-order valence-electron chi connectivity index (χ4n) is 2.42. The van der Waals surface area contributed by atoms with Crippen molar-refractivity contribution in [2.45, 2.75) is 32.7 Å². The molecule has 0 aliphatic rings. The van der Waals surface area contributed by atoms with Crippen molar-refractivity contribution in [1.29, 1.82) is 0 Å². The van der Waals surface area contributed by atoms with E-state index in [4.69, 9.17) is 17.3 Å². The van der Waals surface area contributed by atoms with E-state index in [0.29, 0.717) is 11.4 Å². The average Bonchev–Trinajstić information content (AvgIpc) is 2.60. The molecule has 1 atom stereocenters. The number of aromatic nitrogens is 2. The minimum atomic E-state index is -0.328. The molecule has 2 rings (SSSR count). The molecular weight excluding hydrogens is 277 g/mol. The number of hydrogen-bond acceptors (Lipinski definition) is 2. The van der Waals surface area contributed by atoms with Gasteiger partial charge < -0.3 is 5.73 Å². The normalized spacial score (nSPS) is 12.7. The van der Waals surface area contributed by atoms with Crippen LogP contribution in [0.15, 0.2) is 18.2 Å². The highest BCUT2D eigenvalue weighted by Crippen LogP contribution is 2.20. The molecule has 3 nitrogen and oxygen atoms in total. The number of rotatable bonds is 4. The summed E-state index contributed by atoms with van der Waals surface area (Å²) in [6.45, 7) is 4.02. The van der Waals surface area contributed by atoms with E-state index in [1.807, 2.05) is 25.6 Å². The number of benzene rings is 1. The van der Waals surface area contributed by atoms with Crippen LogP contribution < -0.4 is 5.73 Å². The molecule has 2 N–H and O–H groups in total. The summed E-state index contributed by atoms with van der Waals surface area (Å²) in [4.78, 5) is 0. The highest BCUT2D eigenvalue weighted by atomic mass is 35.5. The van der Waals surface area contributed by atoms with Crippen LogP contribution in [0, 0.1) is 19.7 Å². The first kappa shape index (κ1) is 15.0. The van der Waals surface area contributed by atoms with E-state index < -0.39 is 0 Å². The second kappa shape index (κ2) is 5.94. The van der Waals surface area contributed by atoms with Crippen molar-refractivity contribution in [1.82, 2.24) is 9.78 Å². The number of aryl methyl sites for hydroxylation is 2. The molecule has 0 saturated carbocycles. The van der Waals surface area contributed by atoms with Gasteiger partial charge >= 0.3 is 0 Å². The van der Waals surface area contributed by atoms with Crippen LogP contribution in [0.5, 0.6) is 0 Å². The molecule has 0 aliphatic heterocycles. The van der Waals surface area contributed by atoms with E-state index >= 15 is 0 Å². The second-order valence-corrected chi connectivity index (χ2v) is 5.58. The van der Waals surface area contributed by atoms with Crippen molar-refractivity contribution in [3.8, 4) is 0 Å². The molecule has 0 bridgehead atoms. The maximum absolute atomic E-state index is 13.0. The molecule has 5 heteroatoms. The van der Waals surface area contributed by atoms with Crippen LogP contribution in [0.25, 0.3) is 0 Å². The minimum Gasteiger partial charge on any atom is -0.327 e. The number of nitrogens with zero attached hydrogens (tertiary/aromatic N) is 2. The average molecular weight is 296 g/mol. The Balaban J connectivity index is 2.11. The van der Waals surface area contributed by atoms with Crippen molar-refractivity contribution in [3.63, 3.8) is 0 Å². The van der Waals surface area contributed by atoms with E-state index in [1.165, 1.54) is 17.7 Å². The van der Waals surface area contributed by atoms with Gasteiger partial charge in [0.05, 0.1) is 5.69 Å². The molecule has 0 spiro atoms. The predicted molar refractivity (Wildman–Crippen MR) is 79.5 cm³/mol. The van der Waals surface area contributed by atoms with Gasteiger partial charge in [0.25, 0.3) is 0 Å². The van der Waals surface area contributed by atoms with E-state index in [9.17, 15) is 4.39 Å². The van der Waals surface area contributed by atoms with Gasteiger partial charge in [0.1, 0.15) is 5.82 Å². The van der Waals surface area contributed by atoms with Crippen LogP contribution in [0.4, 0.5) is 4.39 Å². The maximum Gasteiger partial charge on any atom is 0.124 e. The summed E-state index contributed by atoms with van der Waals surface area (Å²) >= 11 is 6.03. The summed E-state index contributed by atoms with van der Waals surface area (Å²) in [6.07, 6.45) is 1.35. The largest absolute Gasteiger partial charge is 0.327 e. The second-order valence-electron chi connectivity index (χ2n) is 5.18. The molecule has 2 aromatic rings. The first-order valence-electron chi connectivity index (χ1n) is 6.57. The molecule has 0 amide bonds. The number of hydrogen-bond donors (Lipinski definition) is 1. The van der Waals surface area contributed by atoms with Crippen LogP contribution in [0.2, 0.25) is 5.02 Å². The molecule has 0 aliphatic carbocycles. The fraction of sp³-hybridized carbons (Fsp3) is 0.400. The molecule has 0 saturated heterocycles. The Morgan fingerprint density at radius 3 is 2.60 bits per heavy atom. The molecule has 20 heavy (non-hydrogen) atoms. The molecule has 108 valence electrons. The zero-order chi connectivity index (χ0) is 14.9. The third kappa shape index (κ3) is 3.19. The van der Waals surface area contributed by atoms with Gasteiger partial charge in [0.2, 0.25) is 0 Å². The van der Waals surface area contributed by atoms with E-state index in [0.717, 1.165) is 23.4 Å². The van der Waals surface area contributed by atoms with Crippen molar-refractivity contribution in [2.75, 3.05) is 0 Å². The third-order valence-electron chi connectivity index (χ3n) is 3.62. The fourth-order valence-corrected chi connectivity index (χ4v) is 2.66. The van der Waals surface area contributed by atoms with Gasteiger partial charge in [0, 0.05) is 23.8 Å². The van der Waals surface area contributed by atoms with Gasteiger partial charge in [-0.1, -0.05) is 17.7 Å². The van der Waals surface area contributed by atoms with E-state index in [1.54, 1.807) is 6.07 Å². The van der Waals surface area contributed by atoms with Crippen molar-refractivity contribution in [3.05, 3.63) is 51.6 Å². The quantitative estimate of drug-likeness (QED) is 0.942. The Hall–Kier alpha value is -1.39. The molecule has 1 heterocycles. The summed E-state index contributed by atoms with van der Waals surface area (Å²) in [5, 5.41) is 4.82. The summed E-state index contributed by atoms with van der Waals surface area (Å²) in [5.41, 5.74) is 10.4. The van der Waals surface area contributed by atoms with Crippen LogP contribution in [0.3, 0.4) is 0 Å². The summed E-state index contributed by atoms with van der Waals surface area (Å²) in [7, 11) is 1.92. The smallest absolute Gasteiger partial charge is 0.124 e. The Bertz CT molecular complexity index is 622. The Labute approximate surface area is 123 Å². The summed E-state index contributed by atoms with van der Waals surface area (Å²) in [5.74, 6) is -0.328. The lowest BCUT2D eigenvalue weighted by Gasteiger charge is -2.13. The highest BCUT2D eigenvalue weighted by molar-refractivity contribution is 6.31. The lowest BCUT2D eigenvalue weighted by atomic mass is 9.98. The van der Waals surface area contributed by atoms with Crippen LogP contribution in [-0.2, 0) is 19.9 Å². The van der Waals surface area contributed by atoms with Gasteiger partial charge in [-0.15, -0.1) is 0 Å². The van der Waals surface area contributed by atoms with E-state index in [2.05, 4.69) is 5.10 Å². The zero-order valence-electron chi connectivity index (χ0n) is 12.0. The Morgan fingerprint density at radius 1 is 1.35 bits per heavy atom. The van der Waals surface area contributed by atoms with Crippen molar-refractivity contribution in [2.24, 2.45) is 12.8 Å². The van der Waals surface area contributed by atoms with Gasteiger partial charge in [-0.25, -0.2) is 4.39 Å². The number of nitrogens with two attached hydrogens (primary N) is 1. The first-order chi connectivity index (χ1) is 9.38. The Kier molecular flexibility index (Phi) is 4.45. The van der Waals surface area contributed by atoms with E-state index in [-0.39, 0.29) is 11.9 Å². The monoisotopic (exact) mass is 295 g/mol. The molecule has 0 fully saturated rings. The first-order valence-corrected chi connectivity index (χ1v) is 6.95. The van der Waals surface area contributed by atoms with Crippen LogP contribution >= 0.6 is 11.6 Å². The van der Waals surface area contributed by atoms with Gasteiger partial charge in [-0.05, 0) is 49.9 Å². The molecule has 1 unspecified atom stereocenters. The summed E-state index contributed by atoms with van der Waals surface area (Å²) < 4.78 is 14.9. The van der Waals surface area contributed by atoms with Crippen LogP contribution in [0.1, 0.15) is 22.5 Å². The lowest BCUT2D eigenvalue weighted by Crippen LogP contribution is -2.26. The Morgan fingerprint density at radius 2 is 2.05 bits per heavy atom. The van der Waals surface area contributed by atoms with Gasteiger partial charge in [0.15, 0.2) is 0 Å². The SMILES string of the molecule is Cc1nn(C)c(C)c1CC(N)Cc1ccc(F)cc1Cl. The minimum absolute atomic E-state index is 0.0699. The zero-order valence-corrected chi connectivity index (χ0v) is 12.7. The van der Waals surface area contributed by atoms with Crippen LogP contribution in [-0.4, -0.2) is 15.8 Å². The topological polar surface area (TPSA) is 43.8 Å². The van der Waals surface area contributed by atoms with Gasteiger partial charge in [-0.2, -0.15) is 5.10 Å². The predicted octanol–water partition coefficient (Wildman–Crippen LogP) is 2.94. The molecule has 1 aromatic heterocycles. The number of halogens is 2. The third-order valence-corrected chi connectivity index (χ3v) is 3.97. The highest BCUT2D eigenvalue weighted by Gasteiger charge is 2.15. The summed E-state index contributed by atoms with van der Waals surface area (Å²) in [6, 6.07) is 4.36. The van der Waals surface area contributed by atoms with Crippen molar-refractivity contribution >= 4 is 11.6 Å². The molecular formula is C15H19ClFN3. The molecule has 0 radical (unpaired) electrons. The van der Waals surface area contributed by atoms with Gasteiger partial charge in [-0.3, -0.25) is 4.68 Å². The lowest BCUT2D eigenvalue weighted by molar-refractivity contribution is 0.623. The van der Waals surface area contributed by atoms with Crippen molar-refractivity contribution < 1.29 is 4.39 Å². The molecule has 1 aromatic carbocycles.